The van der Waals surface area contributed by atoms with E-state index in [1.54, 1.807) is 36.2 Å². The van der Waals surface area contributed by atoms with Crippen molar-refractivity contribution >= 4 is 17.9 Å². The summed E-state index contributed by atoms with van der Waals surface area (Å²) in [7, 11) is 3.60. The topological polar surface area (TPSA) is 74.9 Å². The third-order valence-corrected chi connectivity index (χ3v) is 2.73. The molecular weight excluding hydrogens is 294 g/mol. The summed E-state index contributed by atoms with van der Waals surface area (Å²) in [5, 5.41) is 11.2. The van der Waals surface area contributed by atoms with Crippen LogP contribution >= 0.6 is 11.6 Å². The first-order valence-electron chi connectivity index (χ1n) is 6.33. The molecule has 21 heavy (non-hydrogen) atoms. The van der Waals surface area contributed by atoms with Crippen molar-refractivity contribution in [2.45, 2.75) is 13.5 Å². The molecule has 1 rings (SSSR count). The lowest BCUT2D eigenvalue weighted by Gasteiger charge is -2.21. The van der Waals surface area contributed by atoms with E-state index in [-0.39, 0.29) is 5.82 Å². The maximum absolute atomic E-state index is 10.8. The second kappa shape index (κ2) is 8.21. The molecule has 0 atom stereocenters. The molecule has 7 nitrogen and oxygen atoms in total. The number of aromatic nitrogens is 1. The molecule has 1 aromatic rings. The molecule has 0 saturated heterocycles. The number of hydrogen-bond donors (Lipinski definition) is 0. The van der Waals surface area contributed by atoms with E-state index in [1.807, 2.05) is 13.0 Å². The second-order valence-electron chi connectivity index (χ2n) is 4.48. The molecule has 8 heteroatoms. The number of halogens is 1. The largest absolute Gasteiger partial charge is 0.369 e. The van der Waals surface area contributed by atoms with Crippen LogP contribution in [-0.4, -0.2) is 46.7 Å². The minimum absolute atomic E-state index is 0.283. The molecule has 0 aliphatic carbocycles. The standard InChI is InChI=1S/C13H18ClN5O2/c1-4-18(8-11-5-6-12(14)15-7-11)13(9-19(20)21)16-10-17(2)3/h5-7,9-10H,4,8H2,1-3H3/b13-9+,16-10+. The van der Waals surface area contributed by atoms with Crippen LogP contribution in [0.5, 0.6) is 0 Å². The van der Waals surface area contributed by atoms with Crippen molar-refractivity contribution in [3.63, 3.8) is 0 Å². The third kappa shape index (κ3) is 6.22. The summed E-state index contributed by atoms with van der Waals surface area (Å²) < 4.78 is 0. The van der Waals surface area contributed by atoms with E-state index in [1.165, 1.54) is 6.34 Å². The fourth-order valence-electron chi connectivity index (χ4n) is 1.54. The summed E-state index contributed by atoms with van der Waals surface area (Å²) in [6.45, 7) is 2.94. The van der Waals surface area contributed by atoms with Gasteiger partial charge in [0, 0.05) is 33.4 Å². The van der Waals surface area contributed by atoms with Gasteiger partial charge < -0.3 is 9.80 Å². The lowest BCUT2D eigenvalue weighted by molar-refractivity contribution is -0.404. The van der Waals surface area contributed by atoms with Crippen LogP contribution in [-0.2, 0) is 6.54 Å². The minimum atomic E-state index is -0.509. The van der Waals surface area contributed by atoms with Crippen LogP contribution in [0.25, 0.3) is 0 Å². The molecule has 1 aromatic heterocycles. The van der Waals surface area contributed by atoms with Gasteiger partial charge in [0.05, 0.1) is 11.3 Å². The number of nitrogens with zero attached hydrogens (tertiary/aromatic N) is 5. The maximum atomic E-state index is 10.8. The van der Waals surface area contributed by atoms with Crippen LogP contribution in [0.4, 0.5) is 0 Å². The molecule has 0 spiro atoms. The Bertz CT molecular complexity index is 528. The number of hydrogen-bond acceptors (Lipinski definition) is 5. The fraction of sp³-hybridized carbons (Fsp3) is 0.385. The first kappa shape index (κ1) is 16.9. The van der Waals surface area contributed by atoms with Gasteiger partial charge in [-0.1, -0.05) is 17.7 Å². The number of rotatable bonds is 7. The molecule has 114 valence electrons. The lowest BCUT2D eigenvalue weighted by atomic mass is 10.2. The van der Waals surface area contributed by atoms with Crippen LogP contribution in [0.3, 0.4) is 0 Å². The Morgan fingerprint density at radius 3 is 2.71 bits per heavy atom. The Hall–Kier alpha value is -2.15. The molecule has 0 N–H and O–H groups in total. The Balaban J connectivity index is 2.96. The van der Waals surface area contributed by atoms with Gasteiger partial charge in [-0.2, -0.15) is 0 Å². The predicted molar refractivity (Wildman–Crippen MR) is 82.6 cm³/mol. The van der Waals surface area contributed by atoms with Crippen molar-refractivity contribution in [2.75, 3.05) is 20.6 Å². The summed E-state index contributed by atoms with van der Waals surface area (Å²) in [6, 6.07) is 3.52. The highest BCUT2D eigenvalue weighted by Crippen LogP contribution is 2.13. The van der Waals surface area contributed by atoms with E-state index in [0.717, 1.165) is 11.8 Å². The Labute approximate surface area is 128 Å². The zero-order valence-electron chi connectivity index (χ0n) is 12.2. The smallest absolute Gasteiger partial charge is 0.276 e. The highest BCUT2D eigenvalue weighted by Gasteiger charge is 2.12. The number of pyridine rings is 1. The van der Waals surface area contributed by atoms with Crippen molar-refractivity contribution in [1.82, 2.24) is 14.8 Å². The lowest BCUT2D eigenvalue weighted by Crippen LogP contribution is -2.23. The van der Waals surface area contributed by atoms with Crippen LogP contribution in [0.2, 0.25) is 5.15 Å². The van der Waals surface area contributed by atoms with E-state index in [2.05, 4.69) is 9.98 Å². The Morgan fingerprint density at radius 2 is 2.24 bits per heavy atom. The molecule has 0 aliphatic rings. The van der Waals surface area contributed by atoms with Crippen LogP contribution < -0.4 is 0 Å². The summed E-state index contributed by atoms with van der Waals surface area (Å²) in [5.74, 6) is 0.283. The molecule has 0 unspecified atom stereocenters. The monoisotopic (exact) mass is 311 g/mol. The zero-order valence-corrected chi connectivity index (χ0v) is 13.0. The first-order valence-corrected chi connectivity index (χ1v) is 6.71. The van der Waals surface area contributed by atoms with E-state index in [0.29, 0.717) is 18.2 Å². The normalized spacial score (nSPS) is 11.7. The number of aliphatic imine (C=N–C) groups is 1. The Morgan fingerprint density at radius 1 is 1.52 bits per heavy atom. The van der Waals surface area contributed by atoms with Gasteiger partial charge in [0.25, 0.3) is 6.20 Å². The first-order chi connectivity index (χ1) is 9.92. The van der Waals surface area contributed by atoms with E-state index >= 15 is 0 Å². The maximum Gasteiger partial charge on any atom is 0.276 e. The average Bonchev–Trinajstić information content (AvgIpc) is 2.42. The quantitative estimate of drug-likeness (QED) is 0.254. The highest BCUT2D eigenvalue weighted by atomic mass is 35.5. The van der Waals surface area contributed by atoms with Gasteiger partial charge in [0.15, 0.2) is 0 Å². The summed E-state index contributed by atoms with van der Waals surface area (Å²) in [4.78, 5) is 21.9. The SMILES string of the molecule is CCN(Cc1ccc(Cl)nc1)C(=C/[N+](=O)[O-])/N=C/N(C)C. The average molecular weight is 312 g/mol. The van der Waals surface area contributed by atoms with E-state index < -0.39 is 4.92 Å². The van der Waals surface area contributed by atoms with Crippen LogP contribution in [0, 0.1) is 10.1 Å². The molecular formula is C13H18ClN5O2. The molecule has 0 bridgehead atoms. The number of nitro groups is 1. The van der Waals surface area contributed by atoms with Crippen LogP contribution in [0.15, 0.2) is 35.3 Å². The molecule has 0 aliphatic heterocycles. The van der Waals surface area contributed by atoms with Gasteiger partial charge in [-0.05, 0) is 18.6 Å². The predicted octanol–water partition coefficient (Wildman–Crippen LogP) is 2.22. The highest BCUT2D eigenvalue weighted by molar-refractivity contribution is 6.29. The Kier molecular flexibility index (Phi) is 6.61. The van der Waals surface area contributed by atoms with Crippen molar-refractivity contribution < 1.29 is 4.92 Å². The molecule has 0 amide bonds. The molecule has 0 saturated carbocycles. The van der Waals surface area contributed by atoms with Crippen molar-refractivity contribution in [2.24, 2.45) is 4.99 Å². The molecule has 1 heterocycles. The van der Waals surface area contributed by atoms with Crippen molar-refractivity contribution in [3.8, 4) is 0 Å². The van der Waals surface area contributed by atoms with E-state index in [9.17, 15) is 10.1 Å². The van der Waals surface area contributed by atoms with Gasteiger partial charge in [-0.25, -0.2) is 9.98 Å². The summed E-state index contributed by atoms with van der Waals surface area (Å²) >= 11 is 5.74. The van der Waals surface area contributed by atoms with Gasteiger partial charge in [-0.15, -0.1) is 0 Å². The molecule has 0 aromatic carbocycles. The molecule has 0 radical (unpaired) electrons. The molecule has 0 fully saturated rings. The van der Waals surface area contributed by atoms with Gasteiger partial charge in [-0.3, -0.25) is 10.1 Å². The minimum Gasteiger partial charge on any atom is -0.369 e. The van der Waals surface area contributed by atoms with Crippen molar-refractivity contribution in [1.29, 1.82) is 0 Å². The third-order valence-electron chi connectivity index (χ3n) is 2.51. The second-order valence-corrected chi connectivity index (χ2v) is 4.87. The van der Waals surface area contributed by atoms with E-state index in [4.69, 9.17) is 11.6 Å². The fourth-order valence-corrected chi connectivity index (χ4v) is 1.65. The van der Waals surface area contributed by atoms with Gasteiger partial charge >= 0.3 is 0 Å². The summed E-state index contributed by atoms with van der Waals surface area (Å²) in [5.41, 5.74) is 0.899. The van der Waals surface area contributed by atoms with Gasteiger partial charge in [0.1, 0.15) is 5.15 Å². The van der Waals surface area contributed by atoms with Crippen LogP contribution in [0.1, 0.15) is 12.5 Å². The zero-order chi connectivity index (χ0) is 15.8. The summed E-state index contributed by atoms with van der Waals surface area (Å²) in [6.07, 6.45) is 4.06. The van der Waals surface area contributed by atoms with Crippen molar-refractivity contribution in [3.05, 3.63) is 51.2 Å². The van der Waals surface area contributed by atoms with Gasteiger partial charge in [0.2, 0.25) is 5.82 Å².